The lowest BCUT2D eigenvalue weighted by molar-refractivity contribution is -0.178. The van der Waals surface area contributed by atoms with Gasteiger partial charge in [0.25, 0.3) is 0 Å². The Morgan fingerprint density at radius 3 is 1.07 bits per heavy atom. The Balaban J connectivity index is 0.000000241. The minimum Gasteiger partial charge on any atom is -0.481 e. The van der Waals surface area contributed by atoms with Gasteiger partial charge in [0.2, 0.25) is 0 Å². The van der Waals surface area contributed by atoms with Crippen molar-refractivity contribution in [2.75, 3.05) is 0 Å². The zero-order valence-corrected chi connectivity index (χ0v) is 39.6. The van der Waals surface area contributed by atoms with Crippen LogP contribution in [-0.2, 0) is 43.0 Å². The fourth-order valence-electron chi connectivity index (χ4n) is 8.71. The number of ether oxygens (including phenoxy) is 3. The highest BCUT2D eigenvalue weighted by atomic mass is 16.6. The van der Waals surface area contributed by atoms with E-state index in [1.807, 2.05) is 104 Å². The van der Waals surface area contributed by atoms with Gasteiger partial charge in [0.05, 0.1) is 34.0 Å². The molecule has 0 heterocycles. The van der Waals surface area contributed by atoms with Gasteiger partial charge >= 0.3 is 35.8 Å². The number of carboxylic acid groups (broad SMARTS) is 3. The second-order valence-corrected chi connectivity index (χ2v) is 23.4. The largest absolute Gasteiger partial charge is 0.481 e. The molecule has 12 nitrogen and oxygen atoms in total. The number of hydrogen-bond donors (Lipinski definition) is 3. The Labute approximate surface area is 360 Å². The molecule has 6 rings (SSSR count). The maximum atomic E-state index is 12.5. The van der Waals surface area contributed by atoms with E-state index >= 15 is 0 Å². The summed E-state index contributed by atoms with van der Waals surface area (Å²) < 4.78 is 17.1. The van der Waals surface area contributed by atoms with E-state index in [9.17, 15) is 33.9 Å². The van der Waals surface area contributed by atoms with Crippen LogP contribution < -0.4 is 0 Å². The van der Waals surface area contributed by atoms with Crippen LogP contribution in [0.4, 0.5) is 0 Å². The van der Waals surface area contributed by atoms with E-state index in [2.05, 4.69) is 0 Å². The van der Waals surface area contributed by atoms with Crippen LogP contribution in [0.2, 0.25) is 0 Å². The van der Waals surface area contributed by atoms with Gasteiger partial charge in [-0.25, -0.2) is 0 Å². The first-order valence-electron chi connectivity index (χ1n) is 22.4. The molecule has 12 heteroatoms. The summed E-state index contributed by atoms with van der Waals surface area (Å²) in [5.74, 6) is -2.55. The highest BCUT2D eigenvalue weighted by molar-refractivity contribution is 5.78. The Hall–Kier alpha value is -3.18. The van der Waals surface area contributed by atoms with Crippen molar-refractivity contribution in [3.05, 3.63) is 0 Å². The quantitative estimate of drug-likeness (QED) is 0.147. The predicted molar refractivity (Wildman–Crippen MR) is 227 cm³/mol. The van der Waals surface area contributed by atoms with Crippen LogP contribution in [0.3, 0.4) is 0 Å². The van der Waals surface area contributed by atoms with Crippen LogP contribution in [0, 0.1) is 73.9 Å². The average molecular weight is 849 g/mol. The van der Waals surface area contributed by atoms with Gasteiger partial charge in [0.15, 0.2) is 0 Å². The molecule has 0 amide bonds. The molecule has 0 aliphatic heterocycles. The van der Waals surface area contributed by atoms with Crippen LogP contribution in [0.5, 0.6) is 0 Å². The zero-order valence-electron chi connectivity index (χ0n) is 39.6. The average Bonchev–Trinajstić information content (AvgIpc) is 3.72. The molecule has 6 fully saturated rings. The molecule has 0 aromatic rings. The molecule has 6 aliphatic rings. The Morgan fingerprint density at radius 1 is 0.383 bits per heavy atom. The van der Waals surface area contributed by atoms with Crippen LogP contribution in [0.25, 0.3) is 0 Å². The highest BCUT2D eigenvalue weighted by Gasteiger charge is 2.52. The lowest BCUT2D eigenvalue weighted by atomic mass is 9.63. The van der Waals surface area contributed by atoms with Crippen molar-refractivity contribution < 1.29 is 58.3 Å². The van der Waals surface area contributed by atoms with E-state index in [-0.39, 0.29) is 93.9 Å². The normalized spacial score (nSPS) is 30.4. The lowest BCUT2D eigenvalue weighted by Crippen LogP contribution is -2.48. The molecular weight excluding hydrogens is 769 g/mol. The van der Waals surface area contributed by atoms with E-state index in [1.165, 1.54) is 0 Å². The van der Waals surface area contributed by atoms with Crippen molar-refractivity contribution in [3.63, 3.8) is 0 Å². The second kappa shape index (κ2) is 18.7. The lowest BCUT2D eigenvalue weighted by Gasteiger charge is -2.46. The maximum Gasteiger partial charge on any atom is 0.312 e. The zero-order chi connectivity index (χ0) is 46.1. The van der Waals surface area contributed by atoms with Gasteiger partial charge in [-0.15, -0.1) is 0 Å². The van der Waals surface area contributed by atoms with Gasteiger partial charge in [-0.1, -0.05) is 62.3 Å². The summed E-state index contributed by atoms with van der Waals surface area (Å²) in [7, 11) is 0. The standard InChI is InChI=1S/C17H28O4.C16H26O4.C15H26O4/c1-16(2,3)17(4,5)15(20)21-13-9-10-6-7-11(13)8-12(10)14(18)19;1-15(2,3)16(4,5)14(19)20-12-8-9-6-10(12)7-11(9)13(17)18;1-14(2,3)15(4,5)13(18)19-11-8-6-10(7-9-11)12(16)17/h10-13H,6-9H2,1-5H3,(H,18,19);9-12H,6-8H2,1-5H3,(H,17,18);10-11H,6-9H2,1-5H3,(H,16,17). The third-order valence-corrected chi connectivity index (χ3v) is 16.5. The molecule has 0 saturated heterocycles. The molecule has 6 aliphatic carbocycles. The van der Waals surface area contributed by atoms with Crippen molar-refractivity contribution >= 4 is 35.8 Å². The van der Waals surface area contributed by atoms with Crippen LogP contribution in [-0.4, -0.2) is 69.4 Å². The van der Waals surface area contributed by atoms with E-state index in [0.29, 0.717) is 51.4 Å². The molecule has 0 spiro atoms. The molecule has 0 aromatic heterocycles. The molecule has 344 valence electrons. The number of hydrogen-bond acceptors (Lipinski definition) is 9. The van der Waals surface area contributed by atoms with Gasteiger partial charge in [0.1, 0.15) is 18.3 Å². The molecule has 6 saturated carbocycles. The second-order valence-electron chi connectivity index (χ2n) is 23.4. The smallest absolute Gasteiger partial charge is 0.312 e. The molecule has 4 bridgehead atoms. The number of esters is 3. The first-order chi connectivity index (χ1) is 27.1. The molecule has 0 aromatic carbocycles. The molecule has 60 heavy (non-hydrogen) atoms. The summed E-state index contributed by atoms with van der Waals surface area (Å²) in [5.41, 5.74) is -2.12. The SMILES string of the molecule is CC(C)(C)C(C)(C)C(=O)OC1CC2CC1CC2C(=O)O.CC(C)(C)C(C)(C)C(=O)OC1CC2CCC1CC2C(=O)O.CC(C)(C)C(C)(C)C(=O)OC1CCC(C(=O)O)CC1. The van der Waals surface area contributed by atoms with E-state index in [0.717, 1.165) is 19.3 Å². The van der Waals surface area contributed by atoms with E-state index < -0.39 is 34.2 Å². The fraction of sp³-hybridized carbons (Fsp3) is 0.875. The number of carbonyl (C=O) groups is 6. The number of aliphatic carboxylic acids is 3. The summed E-state index contributed by atoms with van der Waals surface area (Å²) in [4.78, 5) is 70.4. The third-order valence-electron chi connectivity index (χ3n) is 16.5. The number of fused-ring (bicyclic) bond motifs is 5. The topological polar surface area (TPSA) is 191 Å². The predicted octanol–water partition coefficient (Wildman–Crippen LogP) is 9.84. The highest BCUT2D eigenvalue weighted by Crippen LogP contribution is 2.51. The van der Waals surface area contributed by atoms with Gasteiger partial charge in [-0.2, -0.15) is 0 Å². The number of carbonyl (C=O) groups excluding carboxylic acids is 3. The van der Waals surface area contributed by atoms with Crippen molar-refractivity contribution in [2.24, 2.45) is 73.9 Å². The van der Waals surface area contributed by atoms with Crippen molar-refractivity contribution in [3.8, 4) is 0 Å². The van der Waals surface area contributed by atoms with Crippen molar-refractivity contribution in [1.82, 2.24) is 0 Å². The van der Waals surface area contributed by atoms with Crippen LogP contribution in [0.15, 0.2) is 0 Å². The minimum absolute atomic E-state index is 0.0790. The molecular formula is C48H80O12. The Bertz CT molecular complexity index is 1560. The number of rotatable bonds is 9. The van der Waals surface area contributed by atoms with Crippen molar-refractivity contribution in [1.29, 1.82) is 0 Å². The first-order valence-corrected chi connectivity index (χ1v) is 22.4. The summed E-state index contributed by atoms with van der Waals surface area (Å²) in [5, 5.41) is 27.3. The molecule has 8 unspecified atom stereocenters. The Morgan fingerprint density at radius 2 is 0.733 bits per heavy atom. The van der Waals surface area contributed by atoms with E-state index in [4.69, 9.17) is 24.4 Å². The van der Waals surface area contributed by atoms with Gasteiger partial charge in [-0.3, -0.25) is 28.8 Å². The first kappa shape index (κ1) is 51.2. The van der Waals surface area contributed by atoms with Crippen molar-refractivity contribution in [2.45, 2.75) is 193 Å². The number of carboxylic acids is 3. The molecule has 0 radical (unpaired) electrons. The minimum atomic E-state index is -0.736. The fourth-order valence-corrected chi connectivity index (χ4v) is 8.71. The van der Waals surface area contributed by atoms with Crippen LogP contribution >= 0.6 is 0 Å². The molecule has 8 atom stereocenters. The molecule has 3 N–H and O–H groups in total. The monoisotopic (exact) mass is 849 g/mol. The summed E-state index contributed by atoms with van der Waals surface area (Å²) in [6.45, 7) is 29.8. The summed E-state index contributed by atoms with van der Waals surface area (Å²) in [6.07, 6.45) is 7.82. The van der Waals surface area contributed by atoms with Crippen LogP contribution in [0.1, 0.15) is 174 Å². The summed E-state index contributed by atoms with van der Waals surface area (Å²) in [6, 6.07) is 0. The third kappa shape index (κ3) is 11.6. The van der Waals surface area contributed by atoms with Gasteiger partial charge in [-0.05, 0) is 152 Å². The summed E-state index contributed by atoms with van der Waals surface area (Å²) >= 11 is 0. The van der Waals surface area contributed by atoms with Gasteiger partial charge in [0, 0.05) is 0 Å². The Kier molecular flexibility index (Phi) is 15.9. The maximum absolute atomic E-state index is 12.5. The van der Waals surface area contributed by atoms with E-state index in [1.54, 1.807) is 0 Å². The van der Waals surface area contributed by atoms with Gasteiger partial charge < -0.3 is 29.5 Å².